The topological polar surface area (TPSA) is 54.7 Å². The average molecular weight is 224 g/mol. The van der Waals surface area contributed by atoms with E-state index < -0.39 is 0 Å². The van der Waals surface area contributed by atoms with Crippen LogP contribution in [-0.2, 0) is 6.42 Å². The van der Waals surface area contributed by atoms with Crippen molar-refractivity contribution in [3.05, 3.63) is 29.0 Å². The van der Waals surface area contributed by atoms with Gasteiger partial charge in [0, 0.05) is 0 Å². The van der Waals surface area contributed by atoms with Gasteiger partial charge in [-0.1, -0.05) is 18.5 Å². The average Bonchev–Trinajstić information content (AvgIpc) is 2.66. The van der Waals surface area contributed by atoms with Crippen molar-refractivity contribution in [3.63, 3.8) is 0 Å². The number of nitrogens with two attached hydrogens (primary N) is 1. The number of hydrogen-bond acceptors (Lipinski definition) is 2. The number of aromatic amines is 1. The van der Waals surface area contributed by atoms with Gasteiger partial charge in [-0.3, -0.25) is 0 Å². The summed E-state index contributed by atoms with van der Waals surface area (Å²) in [4.78, 5) is 7.21. The van der Waals surface area contributed by atoms with Crippen LogP contribution in [0.15, 0.2) is 18.5 Å². The van der Waals surface area contributed by atoms with Gasteiger partial charge in [-0.05, 0) is 36.6 Å². The second kappa shape index (κ2) is 4.21. The minimum atomic E-state index is 0.474. The van der Waals surface area contributed by atoms with E-state index >= 15 is 0 Å². The fourth-order valence-corrected chi connectivity index (χ4v) is 1.96. The smallest absolute Gasteiger partial charge is 0.107 e. The lowest BCUT2D eigenvalue weighted by molar-refractivity contribution is 0.593. The first-order chi connectivity index (χ1) is 7.20. The van der Waals surface area contributed by atoms with Crippen LogP contribution in [-0.4, -0.2) is 16.5 Å². The van der Waals surface area contributed by atoms with Gasteiger partial charge in [0.25, 0.3) is 0 Å². The van der Waals surface area contributed by atoms with Gasteiger partial charge >= 0.3 is 0 Å². The number of rotatable bonds is 3. The third kappa shape index (κ3) is 2.13. The Morgan fingerprint density at radius 1 is 1.53 bits per heavy atom. The molecule has 4 heteroatoms. The van der Waals surface area contributed by atoms with E-state index in [2.05, 4.69) is 23.0 Å². The minimum Gasteiger partial charge on any atom is -0.345 e. The maximum absolute atomic E-state index is 6.12. The van der Waals surface area contributed by atoms with E-state index in [-0.39, 0.29) is 0 Å². The van der Waals surface area contributed by atoms with Gasteiger partial charge in [0.15, 0.2) is 0 Å². The van der Waals surface area contributed by atoms with Crippen molar-refractivity contribution in [3.8, 4) is 0 Å². The molecule has 0 amide bonds. The monoisotopic (exact) mass is 223 g/mol. The fraction of sp³-hybridized carbons (Fsp3) is 0.364. The van der Waals surface area contributed by atoms with Crippen LogP contribution < -0.4 is 5.73 Å². The van der Waals surface area contributed by atoms with Crippen molar-refractivity contribution in [2.24, 2.45) is 11.7 Å². The molecule has 0 saturated carbocycles. The third-order valence-corrected chi connectivity index (χ3v) is 2.81. The summed E-state index contributed by atoms with van der Waals surface area (Å²) in [5.74, 6) is 0.474. The van der Waals surface area contributed by atoms with Gasteiger partial charge in [0.05, 0.1) is 16.9 Å². The highest BCUT2D eigenvalue weighted by atomic mass is 35.5. The Bertz CT molecular complexity index is 464. The van der Waals surface area contributed by atoms with E-state index in [0.717, 1.165) is 17.5 Å². The molecule has 1 aromatic carbocycles. The first-order valence-corrected chi connectivity index (χ1v) is 5.40. The molecule has 0 aliphatic rings. The van der Waals surface area contributed by atoms with Crippen molar-refractivity contribution in [2.75, 3.05) is 6.54 Å². The molecule has 2 rings (SSSR count). The lowest BCUT2D eigenvalue weighted by Crippen LogP contribution is -2.13. The summed E-state index contributed by atoms with van der Waals surface area (Å²) in [6, 6.07) is 4.05. The molecule has 1 atom stereocenters. The number of fused-ring (bicyclic) bond motifs is 1. The fourth-order valence-electron chi connectivity index (χ4n) is 1.67. The van der Waals surface area contributed by atoms with E-state index in [1.165, 1.54) is 5.56 Å². The Kier molecular flexibility index (Phi) is 2.93. The highest BCUT2D eigenvalue weighted by Gasteiger charge is 2.07. The minimum absolute atomic E-state index is 0.474. The molecule has 1 heterocycles. The maximum Gasteiger partial charge on any atom is 0.107 e. The number of halogens is 1. The van der Waals surface area contributed by atoms with Gasteiger partial charge in [0.2, 0.25) is 0 Å². The molecule has 3 nitrogen and oxygen atoms in total. The third-order valence-electron chi connectivity index (χ3n) is 2.52. The van der Waals surface area contributed by atoms with Crippen LogP contribution in [0, 0.1) is 5.92 Å². The van der Waals surface area contributed by atoms with Crippen molar-refractivity contribution >= 4 is 22.6 Å². The van der Waals surface area contributed by atoms with Crippen LogP contribution >= 0.6 is 11.6 Å². The summed E-state index contributed by atoms with van der Waals surface area (Å²) in [6.07, 6.45) is 2.61. The number of H-pyrrole nitrogens is 1. The summed E-state index contributed by atoms with van der Waals surface area (Å²) in [6.45, 7) is 2.82. The molecule has 0 spiro atoms. The largest absolute Gasteiger partial charge is 0.345 e. The molecule has 1 aromatic heterocycles. The number of nitrogens with one attached hydrogen (secondary N) is 1. The normalized spacial score (nSPS) is 13.3. The number of aromatic nitrogens is 2. The summed E-state index contributed by atoms with van der Waals surface area (Å²) >= 11 is 6.12. The molecule has 80 valence electrons. The first-order valence-electron chi connectivity index (χ1n) is 5.02. The van der Waals surface area contributed by atoms with E-state index in [1.807, 2.05) is 6.07 Å². The van der Waals surface area contributed by atoms with E-state index in [0.29, 0.717) is 17.5 Å². The second-order valence-electron chi connectivity index (χ2n) is 3.92. The van der Waals surface area contributed by atoms with Crippen LogP contribution in [0.1, 0.15) is 12.5 Å². The van der Waals surface area contributed by atoms with Crippen LogP contribution in [0.4, 0.5) is 0 Å². The molecule has 3 N–H and O–H groups in total. The molecule has 1 unspecified atom stereocenters. The van der Waals surface area contributed by atoms with Crippen molar-refractivity contribution in [1.82, 2.24) is 9.97 Å². The SMILES string of the molecule is CC(CN)Cc1cc(Cl)c2nc[nH]c2c1. The molecule has 0 aliphatic carbocycles. The van der Waals surface area contributed by atoms with Crippen LogP contribution in [0.5, 0.6) is 0 Å². The highest BCUT2D eigenvalue weighted by molar-refractivity contribution is 6.35. The molecule has 0 radical (unpaired) electrons. The molecule has 0 saturated heterocycles. The molecule has 0 bridgehead atoms. The van der Waals surface area contributed by atoms with Gasteiger partial charge in [-0.25, -0.2) is 4.98 Å². The molecular weight excluding hydrogens is 210 g/mol. The predicted molar refractivity (Wildman–Crippen MR) is 63.0 cm³/mol. The Morgan fingerprint density at radius 2 is 2.33 bits per heavy atom. The zero-order valence-electron chi connectivity index (χ0n) is 8.63. The molecule has 0 fully saturated rings. The maximum atomic E-state index is 6.12. The second-order valence-corrected chi connectivity index (χ2v) is 4.33. The lowest BCUT2D eigenvalue weighted by Gasteiger charge is -2.08. The predicted octanol–water partition coefficient (Wildman–Crippen LogP) is 2.35. The van der Waals surface area contributed by atoms with E-state index in [1.54, 1.807) is 6.33 Å². The van der Waals surface area contributed by atoms with Gasteiger partial charge in [-0.2, -0.15) is 0 Å². The zero-order valence-corrected chi connectivity index (χ0v) is 9.38. The molecule has 2 aromatic rings. The van der Waals surface area contributed by atoms with Crippen LogP contribution in [0.25, 0.3) is 11.0 Å². The van der Waals surface area contributed by atoms with Crippen LogP contribution in [0.3, 0.4) is 0 Å². The van der Waals surface area contributed by atoms with Crippen LogP contribution in [0.2, 0.25) is 5.02 Å². The summed E-state index contributed by atoms with van der Waals surface area (Å²) < 4.78 is 0. The molecule has 15 heavy (non-hydrogen) atoms. The highest BCUT2D eigenvalue weighted by Crippen LogP contribution is 2.23. The Labute approximate surface area is 93.6 Å². The van der Waals surface area contributed by atoms with Crippen molar-refractivity contribution in [2.45, 2.75) is 13.3 Å². The number of hydrogen-bond donors (Lipinski definition) is 2. The zero-order chi connectivity index (χ0) is 10.8. The van der Waals surface area contributed by atoms with Crippen molar-refractivity contribution < 1.29 is 0 Å². The Hall–Kier alpha value is -1.06. The van der Waals surface area contributed by atoms with E-state index in [4.69, 9.17) is 17.3 Å². The number of imidazole rings is 1. The van der Waals surface area contributed by atoms with Crippen molar-refractivity contribution in [1.29, 1.82) is 0 Å². The summed E-state index contributed by atoms with van der Waals surface area (Å²) in [7, 11) is 0. The van der Waals surface area contributed by atoms with Gasteiger partial charge in [0.1, 0.15) is 5.52 Å². The lowest BCUT2D eigenvalue weighted by atomic mass is 10.0. The number of nitrogens with zero attached hydrogens (tertiary/aromatic N) is 1. The summed E-state index contributed by atoms with van der Waals surface area (Å²) in [5.41, 5.74) is 8.62. The Morgan fingerprint density at radius 3 is 3.07 bits per heavy atom. The summed E-state index contributed by atoms with van der Waals surface area (Å²) in [5, 5.41) is 0.702. The molecule has 0 aliphatic heterocycles. The number of benzene rings is 1. The first kappa shape index (κ1) is 10.5. The molecular formula is C11H14ClN3. The van der Waals surface area contributed by atoms with Gasteiger partial charge < -0.3 is 10.7 Å². The van der Waals surface area contributed by atoms with E-state index in [9.17, 15) is 0 Å². The quantitative estimate of drug-likeness (QED) is 0.840. The Balaban J connectivity index is 2.36. The standard InChI is InChI=1S/C11H14ClN3/c1-7(5-13)2-8-3-9(12)11-10(4-8)14-6-15-11/h3-4,6-7H,2,5,13H2,1H3,(H,14,15). The van der Waals surface area contributed by atoms with Gasteiger partial charge in [-0.15, -0.1) is 0 Å².